The number of ether oxygens (including phenoxy) is 5. The van der Waals surface area contributed by atoms with Gasteiger partial charge in [-0.1, -0.05) is 57.7 Å². The quantitative estimate of drug-likeness (QED) is 0.146. The van der Waals surface area contributed by atoms with Crippen LogP contribution in [0.4, 0.5) is 4.79 Å². The van der Waals surface area contributed by atoms with Crippen molar-refractivity contribution in [1.82, 2.24) is 30.0 Å². The first-order valence-corrected chi connectivity index (χ1v) is 21.3. The fourth-order valence-corrected chi connectivity index (χ4v) is 9.92. The van der Waals surface area contributed by atoms with Crippen LogP contribution in [0.5, 0.6) is 0 Å². The van der Waals surface area contributed by atoms with Crippen molar-refractivity contribution in [2.24, 2.45) is 23.7 Å². The Bertz CT molecular complexity index is 1750. The number of tetrazole rings is 1. The van der Waals surface area contributed by atoms with Gasteiger partial charge in [0.2, 0.25) is 5.16 Å². The molecule has 1 aromatic carbocycles. The van der Waals surface area contributed by atoms with E-state index >= 15 is 0 Å². The number of esters is 1. The van der Waals surface area contributed by atoms with Crippen molar-refractivity contribution in [3.05, 3.63) is 30.3 Å². The molecule has 322 valence electrons. The molecule has 0 saturated carbocycles. The number of thioether (sulfide) groups is 1. The predicted molar refractivity (Wildman–Crippen MR) is 214 cm³/mol. The summed E-state index contributed by atoms with van der Waals surface area (Å²) in [6.07, 6.45) is -3.66. The van der Waals surface area contributed by atoms with Crippen molar-refractivity contribution in [3.8, 4) is 5.69 Å². The molecule has 13 atom stereocenters. The van der Waals surface area contributed by atoms with E-state index in [0.717, 1.165) is 5.69 Å². The number of carbonyl (C=O) groups is 4. The smallest absolute Gasteiger partial charge is 0.410 e. The Balaban J connectivity index is 1.45. The third kappa shape index (κ3) is 9.29. The predicted octanol–water partition coefficient (Wildman–Crippen LogP) is 4.35. The van der Waals surface area contributed by atoms with E-state index in [0.29, 0.717) is 23.8 Å². The number of cyclic esters (lactones) is 1. The molecule has 3 fully saturated rings. The number of para-hydroxylation sites is 1. The molecule has 0 aliphatic carbocycles. The largest absolute Gasteiger partial charge is 0.458 e. The molecule has 1 aromatic heterocycles. The highest BCUT2D eigenvalue weighted by Crippen LogP contribution is 2.43. The second-order valence-electron chi connectivity index (χ2n) is 16.8. The minimum Gasteiger partial charge on any atom is -0.458 e. The number of ketones is 2. The molecule has 0 radical (unpaired) electrons. The summed E-state index contributed by atoms with van der Waals surface area (Å²) in [4.78, 5) is 60.3. The molecule has 1 amide bonds. The molecule has 3 aliphatic heterocycles. The fraction of sp³-hybridized carbons (Fsp3) is 0.732. The number of carbonyl (C=O) groups excluding carboxylic acids is 4. The zero-order valence-corrected chi connectivity index (χ0v) is 36.5. The van der Waals surface area contributed by atoms with Gasteiger partial charge in [0.05, 0.1) is 29.5 Å². The second kappa shape index (κ2) is 18.8. The van der Waals surface area contributed by atoms with Gasteiger partial charge in [-0.25, -0.2) is 4.79 Å². The molecule has 1 N–H and O–H groups in total. The lowest BCUT2D eigenvalue weighted by molar-refractivity contribution is -0.295. The molecule has 3 saturated heterocycles. The van der Waals surface area contributed by atoms with E-state index in [2.05, 4.69) is 15.5 Å². The molecule has 3 aliphatic rings. The van der Waals surface area contributed by atoms with Crippen LogP contribution in [0.15, 0.2) is 35.5 Å². The number of hydrogen-bond acceptors (Lipinski definition) is 15. The molecule has 0 bridgehead atoms. The van der Waals surface area contributed by atoms with Gasteiger partial charge in [-0.2, -0.15) is 4.68 Å². The standard InChI is InChI=1S/C41H62N6O10S/c1-12-30-41(8)34(46(39(52)57-41)19-16-20-58-38-42-43-44-47(38)28-17-14-13-15-18-28)25(4)31(48)23(2)22-40(7,53-11)35(26(5)32(49)27(6)36(51)55-30)56-37-33(50)29(45(9)10)21-24(3)54-37/h13-15,17-18,23-27,29-30,33-35,37,50H,12,16,19-22H2,1-11H3/t23-,24-,25+,26+,27-,29+,30-,33-,34-,35-,37+,40+,41-/m1/s1. The van der Waals surface area contributed by atoms with Crippen molar-refractivity contribution in [2.75, 3.05) is 33.5 Å². The Hall–Kier alpha value is -3.48. The number of methoxy groups -OCH3 is 1. The van der Waals surface area contributed by atoms with Crippen molar-refractivity contribution < 1.29 is 48.0 Å². The molecule has 4 heterocycles. The van der Waals surface area contributed by atoms with Gasteiger partial charge >= 0.3 is 12.1 Å². The van der Waals surface area contributed by atoms with Crippen LogP contribution in [0, 0.1) is 23.7 Å². The summed E-state index contributed by atoms with van der Waals surface area (Å²) in [6.45, 7) is 14.1. The molecule has 5 rings (SSSR count). The number of aromatic nitrogens is 4. The minimum absolute atomic E-state index is 0.117. The normalized spacial score (nSPS) is 36.7. The van der Waals surface area contributed by atoms with Crippen molar-refractivity contribution in [3.63, 3.8) is 0 Å². The van der Waals surface area contributed by atoms with Gasteiger partial charge in [0, 0.05) is 43.2 Å². The lowest BCUT2D eigenvalue weighted by Gasteiger charge is -2.47. The molecular weight excluding hydrogens is 769 g/mol. The van der Waals surface area contributed by atoms with Crippen LogP contribution in [0.25, 0.3) is 5.69 Å². The summed E-state index contributed by atoms with van der Waals surface area (Å²) in [5, 5.41) is 24.2. The Morgan fingerprint density at radius 2 is 1.71 bits per heavy atom. The van der Waals surface area contributed by atoms with Gasteiger partial charge in [0.1, 0.15) is 23.9 Å². The molecule has 2 aromatic rings. The number of nitrogens with zero attached hydrogens (tertiary/aromatic N) is 6. The summed E-state index contributed by atoms with van der Waals surface area (Å²) in [6, 6.07) is 8.41. The van der Waals surface area contributed by atoms with E-state index in [9.17, 15) is 24.3 Å². The Labute approximate surface area is 346 Å². The third-order valence-electron chi connectivity index (χ3n) is 12.4. The van der Waals surface area contributed by atoms with Crippen LogP contribution in [-0.2, 0) is 38.1 Å². The van der Waals surface area contributed by atoms with Gasteiger partial charge in [-0.05, 0) is 90.0 Å². The summed E-state index contributed by atoms with van der Waals surface area (Å²) >= 11 is 1.44. The van der Waals surface area contributed by atoms with Crippen molar-refractivity contribution in [2.45, 2.75) is 140 Å². The topological polar surface area (TPSA) is 185 Å². The Morgan fingerprint density at radius 1 is 1.02 bits per heavy atom. The minimum atomic E-state index is -1.43. The van der Waals surface area contributed by atoms with Crippen LogP contribution < -0.4 is 0 Å². The monoisotopic (exact) mass is 830 g/mol. The average molecular weight is 831 g/mol. The first kappa shape index (κ1) is 45.6. The lowest BCUT2D eigenvalue weighted by atomic mass is 9.73. The summed E-state index contributed by atoms with van der Waals surface area (Å²) < 4.78 is 32.8. The zero-order chi connectivity index (χ0) is 42.7. The van der Waals surface area contributed by atoms with Crippen LogP contribution in [0.2, 0.25) is 0 Å². The van der Waals surface area contributed by atoms with Crippen LogP contribution in [0.3, 0.4) is 0 Å². The van der Waals surface area contributed by atoms with Crippen molar-refractivity contribution >= 4 is 35.4 Å². The van der Waals surface area contributed by atoms with E-state index in [-0.39, 0.29) is 37.3 Å². The zero-order valence-electron chi connectivity index (χ0n) is 35.7. The molecule has 0 unspecified atom stereocenters. The highest BCUT2D eigenvalue weighted by atomic mass is 32.2. The SMILES string of the molecule is CC[C@H]1OC(=O)[C@H](C)C(=O)[C@H](C)[C@@H](O[C@@H]2O[C@H](C)C[C@H](N(C)C)[C@H]2O)[C@@](C)(OC)C[C@@H](C)C(=O)[C@H](C)[C@H]2N(CCCSc3nnnn3-c3ccccc3)C(=O)O[C@]12C. The fourth-order valence-electron chi connectivity index (χ4n) is 9.11. The number of amides is 1. The van der Waals surface area contributed by atoms with Crippen LogP contribution in [-0.4, -0.2) is 146 Å². The summed E-state index contributed by atoms with van der Waals surface area (Å²) in [5.41, 5.74) is -1.89. The molecular formula is C41H62N6O10S. The van der Waals surface area contributed by atoms with Gasteiger partial charge in [0.25, 0.3) is 0 Å². The molecule has 16 nitrogen and oxygen atoms in total. The second-order valence-corrected chi connectivity index (χ2v) is 17.9. The molecule has 0 spiro atoms. The maximum Gasteiger partial charge on any atom is 0.410 e. The van der Waals surface area contributed by atoms with Gasteiger partial charge < -0.3 is 38.6 Å². The number of aliphatic hydroxyl groups excluding tert-OH is 1. The maximum absolute atomic E-state index is 14.7. The van der Waals surface area contributed by atoms with Crippen LogP contribution in [0.1, 0.15) is 81.1 Å². The van der Waals surface area contributed by atoms with E-state index in [4.69, 9.17) is 23.7 Å². The van der Waals surface area contributed by atoms with Gasteiger partial charge in [-0.15, -0.1) is 5.10 Å². The number of benzene rings is 1. The third-order valence-corrected chi connectivity index (χ3v) is 13.4. The summed E-state index contributed by atoms with van der Waals surface area (Å²) in [7, 11) is 5.23. The summed E-state index contributed by atoms with van der Waals surface area (Å²) in [5.74, 6) is -4.51. The highest BCUT2D eigenvalue weighted by Gasteiger charge is 2.60. The van der Waals surface area contributed by atoms with E-state index in [1.54, 1.807) is 44.2 Å². The lowest BCUT2D eigenvalue weighted by Crippen LogP contribution is -2.60. The van der Waals surface area contributed by atoms with Crippen molar-refractivity contribution in [1.29, 1.82) is 0 Å². The number of Topliss-reactive ketones (excluding diaryl/α,β-unsaturated/α-hetero) is 2. The molecule has 58 heavy (non-hydrogen) atoms. The average Bonchev–Trinajstić information content (AvgIpc) is 3.77. The maximum atomic E-state index is 14.7. The van der Waals surface area contributed by atoms with E-state index in [1.165, 1.54) is 25.8 Å². The van der Waals surface area contributed by atoms with E-state index in [1.807, 2.05) is 63.2 Å². The Kier molecular flexibility index (Phi) is 14.8. The number of aliphatic hydroxyl groups is 1. The first-order chi connectivity index (χ1) is 27.4. The van der Waals surface area contributed by atoms with E-state index < -0.39 is 83.4 Å². The molecule has 17 heteroatoms. The number of rotatable bonds is 11. The van der Waals surface area contributed by atoms with Crippen LogP contribution >= 0.6 is 11.8 Å². The van der Waals surface area contributed by atoms with Gasteiger partial charge in [-0.3, -0.25) is 14.4 Å². The number of fused-ring (bicyclic) bond motifs is 1. The first-order valence-electron chi connectivity index (χ1n) is 20.3. The Morgan fingerprint density at radius 3 is 2.34 bits per heavy atom. The van der Waals surface area contributed by atoms with Gasteiger partial charge in [0.15, 0.2) is 17.7 Å². The highest BCUT2D eigenvalue weighted by molar-refractivity contribution is 7.99. The number of hydrogen-bond donors (Lipinski definition) is 1. The number of likely N-dealkylation sites (N-methyl/N-ethyl adjacent to an activating group) is 1.